The number of fused-ring (bicyclic) bond motifs is 4. The molecule has 7 heteroatoms. The molecule has 0 atom stereocenters. The van der Waals surface area contributed by atoms with Gasteiger partial charge in [-0.1, -0.05) is 47.7 Å². The number of thiazole rings is 1. The molecule has 6 rings (SSSR count). The summed E-state index contributed by atoms with van der Waals surface area (Å²) in [7, 11) is 0. The number of hydrogen-bond acceptors (Lipinski definition) is 6. The molecule has 0 fully saturated rings. The topological polar surface area (TPSA) is 69.7 Å². The van der Waals surface area contributed by atoms with Crippen LogP contribution in [-0.4, -0.2) is 17.7 Å². The van der Waals surface area contributed by atoms with Gasteiger partial charge < -0.3 is 19.5 Å². The van der Waals surface area contributed by atoms with Crippen LogP contribution in [-0.2, 0) is 4.79 Å². The molecular formula is C22H14N2O4S. The zero-order valence-electron chi connectivity index (χ0n) is 15.0. The van der Waals surface area contributed by atoms with Crippen molar-refractivity contribution >= 4 is 32.6 Å². The van der Waals surface area contributed by atoms with Crippen molar-refractivity contribution in [3.05, 3.63) is 71.8 Å². The second kappa shape index (κ2) is 6.22. The Kier molecular flexibility index (Phi) is 3.51. The van der Waals surface area contributed by atoms with Gasteiger partial charge in [-0.2, -0.15) is 0 Å². The first kappa shape index (κ1) is 16.4. The fraction of sp³-hybridized carbons (Fsp3) is 0.0909. The number of carbonyl (C=O) groups excluding carboxylic acids is 1. The molecular weight excluding hydrogens is 388 g/mol. The Morgan fingerprint density at radius 1 is 0.931 bits per heavy atom. The number of nitrogens with one attached hydrogen (secondary N) is 1. The van der Waals surface area contributed by atoms with Crippen LogP contribution >= 0.6 is 11.3 Å². The van der Waals surface area contributed by atoms with E-state index in [-0.39, 0.29) is 12.7 Å². The number of anilines is 1. The van der Waals surface area contributed by atoms with Gasteiger partial charge in [0.05, 0.1) is 16.1 Å². The molecule has 0 saturated carbocycles. The number of para-hydroxylation sites is 2. The second-order valence-electron chi connectivity index (χ2n) is 6.79. The van der Waals surface area contributed by atoms with Crippen LogP contribution in [0.4, 0.5) is 5.13 Å². The predicted octanol–water partition coefficient (Wildman–Crippen LogP) is 4.90. The average molecular weight is 402 g/mol. The third-order valence-electron chi connectivity index (χ3n) is 5.06. The van der Waals surface area contributed by atoms with E-state index in [2.05, 4.69) is 10.3 Å². The number of carbonyl (C=O) groups is 1. The fourth-order valence-corrected chi connectivity index (χ4v) is 4.62. The molecule has 4 aromatic rings. The molecule has 0 aliphatic carbocycles. The van der Waals surface area contributed by atoms with Crippen LogP contribution in [0.1, 0.15) is 17.0 Å². The van der Waals surface area contributed by atoms with Gasteiger partial charge in [-0.05, 0) is 12.1 Å². The van der Waals surface area contributed by atoms with E-state index >= 15 is 0 Å². The lowest BCUT2D eigenvalue weighted by Gasteiger charge is -2.27. The summed E-state index contributed by atoms with van der Waals surface area (Å²) >= 11 is 1.41. The minimum atomic E-state index is -0.472. The number of benzene rings is 3. The average Bonchev–Trinajstić information content (AvgIpc) is 3.35. The maximum absolute atomic E-state index is 13.3. The highest BCUT2D eigenvalue weighted by Gasteiger charge is 2.33. The highest BCUT2D eigenvalue weighted by Crippen LogP contribution is 2.45. The van der Waals surface area contributed by atoms with Crippen molar-refractivity contribution in [1.29, 1.82) is 0 Å². The van der Waals surface area contributed by atoms with E-state index in [0.29, 0.717) is 28.1 Å². The van der Waals surface area contributed by atoms with E-state index in [0.717, 1.165) is 21.3 Å². The van der Waals surface area contributed by atoms with Crippen molar-refractivity contribution in [3.63, 3.8) is 0 Å². The van der Waals surface area contributed by atoms with Crippen molar-refractivity contribution in [2.75, 3.05) is 12.1 Å². The molecule has 2 aliphatic rings. The molecule has 0 spiro atoms. The van der Waals surface area contributed by atoms with Gasteiger partial charge >= 0.3 is 0 Å². The van der Waals surface area contributed by atoms with Crippen molar-refractivity contribution in [1.82, 2.24) is 4.98 Å². The summed E-state index contributed by atoms with van der Waals surface area (Å²) in [6.07, 6.45) is 0. The second-order valence-corrected chi connectivity index (χ2v) is 7.82. The molecule has 6 nitrogen and oxygen atoms in total. The summed E-state index contributed by atoms with van der Waals surface area (Å²) in [5.41, 5.74) is 2.44. The number of rotatable bonds is 2. The zero-order valence-corrected chi connectivity index (χ0v) is 15.9. The summed E-state index contributed by atoms with van der Waals surface area (Å²) in [4.78, 5) is 17.9. The minimum Gasteiger partial charge on any atom is -0.457 e. The molecule has 0 bridgehead atoms. The molecule has 2 aliphatic heterocycles. The molecule has 29 heavy (non-hydrogen) atoms. The van der Waals surface area contributed by atoms with Gasteiger partial charge in [-0.25, -0.2) is 4.98 Å². The van der Waals surface area contributed by atoms with Crippen LogP contribution in [0.3, 0.4) is 0 Å². The predicted molar refractivity (Wildman–Crippen MR) is 109 cm³/mol. The van der Waals surface area contributed by atoms with Crippen LogP contribution < -0.4 is 19.5 Å². The molecule has 142 valence electrons. The van der Waals surface area contributed by atoms with Crippen LogP contribution in [0.15, 0.2) is 60.7 Å². The van der Waals surface area contributed by atoms with Gasteiger partial charge in [0.1, 0.15) is 11.5 Å². The van der Waals surface area contributed by atoms with Crippen molar-refractivity contribution in [2.24, 2.45) is 0 Å². The smallest absolute Gasteiger partial charge is 0.238 e. The summed E-state index contributed by atoms with van der Waals surface area (Å²) in [5.74, 6) is 2.15. The standard InChI is InChI=1S/C22H14N2O4S/c25-21(24-22-23-14-9-17-18(27-11-26-17)10-19(14)29-22)20-12-5-1-3-7-15(12)28-16-8-4-2-6-13(16)20/h1-10,20H,11H2,(H,23,24,25). The Hall–Kier alpha value is -3.58. The van der Waals surface area contributed by atoms with Crippen molar-refractivity contribution in [2.45, 2.75) is 5.92 Å². The van der Waals surface area contributed by atoms with E-state index in [1.807, 2.05) is 60.7 Å². The summed E-state index contributed by atoms with van der Waals surface area (Å²) in [5, 5.41) is 3.53. The summed E-state index contributed by atoms with van der Waals surface area (Å²) in [6, 6.07) is 19.0. The molecule has 1 aromatic heterocycles. The monoisotopic (exact) mass is 402 g/mol. The number of amides is 1. The summed E-state index contributed by atoms with van der Waals surface area (Å²) < 4.78 is 17.7. The van der Waals surface area contributed by atoms with Crippen LogP contribution in [0, 0.1) is 0 Å². The van der Waals surface area contributed by atoms with Gasteiger partial charge in [0.15, 0.2) is 16.6 Å². The first-order chi connectivity index (χ1) is 14.3. The molecule has 3 aromatic carbocycles. The lowest BCUT2D eigenvalue weighted by atomic mass is 9.87. The van der Waals surface area contributed by atoms with Gasteiger partial charge in [-0.3, -0.25) is 4.79 Å². The highest BCUT2D eigenvalue weighted by molar-refractivity contribution is 7.22. The van der Waals surface area contributed by atoms with Gasteiger partial charge in [0, 0.05) is 23.3 Å². The molecule has 0 unspecified atom stereocenters. The Morgan fingerprint density at radius 2 is 1.59 bits per heavy atom. The Labute approximate surface area is 169 Å². The third kappa shape index (κ3) is 2.62. The number of ether oxygens (including phenoxy) is 3. The SMILES string of the molecule is O=C(Nc1nc2cc3c(cc2s1)OCO3)C1c2ccccc2Oc2ccccc21. The van der Waals surface area contributed by atoms with Crippen molar-refractivity contribution in [3.8, 4) is 23.0 Å². The Morgan fingerprint density at radius 3 is 2.31 bits per heavy atom. The molecule has 0 saturated heterocycles. The first-order valence-corrected chi connectivity index (χ1v) is 9.95. The number of nitrogens with zero attached hydrogens (tertiary/aromatic N) is 1. The van der Waals surface area contributed by atoms with Crippen LogP contribution in [0.2, 0.25) is 0 Å². The Bertz CT molecular complexity index is 1200. The largest absolute Gasteiger partial charge is 0.457 e. The third-order valence-corrected chi connectivity index (χ3v) is 5.99. The van der Waals surface area contributed by atoms with Gasteiger partial charge in [0.2, 0.25) is 12.7 Å². The fourth-order valence-electron chi connectivity index (χ4n) is 3.74. The molecule has 0 radical (unpaired) electrons. The maximum Gasteiger partial charge on any atom is 0.238 e. The maximum atomic E-state index is 13.3. The lowest BCUT2D eigenvalue weighted by Crippen LogP contribution is -2.24. The van der Waals surface area contributed by atoms with Crippen LogP contribution in [0.25, 0.3) is 10.2 Å². The lowest BCUT2D eigenvalue weighted by molar-refractivity contribution is -0.116. The number of hydrogen-bond donors (Lipinski definition) is 1. The quantitative estimate of drug-likeness (QED) is 0.516. The van der Waals surface area contributed by atoms with Crippen LogP contribution in [0.5, 0.6) is 23.0 Å². The first-order valence-electron chi connectivity index (χ1n) is 9.13. The van der Waals surface area contributed by atoms with Crippen molar-refractivity contribution < 1.29 is 19.0 Å². The molecule has 3 heterocycles. The zero-order chi connectivity index (χ0) is 19.4. The normalized spacial score (nSPS) is 14.2. The summed E-state index contributed by atoms with van der Waals surface area (Å²) in [6.45, 7) is 0.221. The van der Waals surface area contributed by atoms with E-state index in [1.165, 1.54) is 11.3 Å². The Balaban J connectivity index is 1.37. The number of aromatic nitrogens is 1. The minimum absolute atomic E-state index is 0.146. The van der Waals surface area contributed by atoms with E-state index in [4.69, 9.17) is 14.2 Å². The highest BCUT2D eigenvalue weighted by atomic mass is 32.1. The van der Waals surface area contributed by atoms with E-state index < -0.39 is 5.92 Å². The van der Waals surface area contributed by atoms with Gasteiger partial charge in [0.25, 0.3) is 0 Å². The molecule has 1 amide bonds. The molecule has 1 N–H and O–H groups in total. The van der Waals surface area contributed by atoms with E-state index in [1.54, 1.807) is 0 Å². The van der Waals surface area contributed by atoms with E-state index in [9.17, 15) is 4.79 Å². The van der Waals surface area contributed by atoms with Gasteiger partial charge in [-0.15, -0.1) is 0 Å².